The molecule has 68 heavy (non-hydrogen) atoms. The Kier molecular flexibility index (Phi) is 8.42. The minimum Gasteiger partial charge on any atom is -0.456 e. The highest BCUT2D eigenvalue weighted by molar-refractivity contribution is 6.20. The lowest BCUT2D eigenvalue weighted by Crippen LogP contribution is -2.16. The van der Waals surface area contributed by atoms with E-state index in [1.807, 2.05) is 0 Å². The summed E-state index contributed by atoms with van der Waals surface area (Å²) >= 11 is 0. The van der Waals surface area contributed by atoms with E-state index < -0.39 is 0 Å². The van der Waals surface area contributed by atoms with Crippen molar-refractivity contribution >= 4 is 65.4 Å². The van der Waals surface area contributed by atoms with Crippen LogP contribution in [0.15, 0.2) is 233 Å². The molecule has 2 aromatic heterocycles. The number of hydrogen-bond donors (Lipinski definition) is 0. The predicted octanol–water partition coefficient (Wildman–Crippen LogP) is 18.3. The molecule has 0 spiro atoms. The molecule has 2 heterocycles. The van der Waals surface area contributed by atoms with Gasteiger partial charge in [0.2, 0.25) is 0 Å². The molecule has 0 saturated carbocycles. The van der Waals surface area contributed by atoms with Gasteiger partial charge in [-0.15, -0.1) is 0 Å². The summed E-state index contributed by atoms with van der Waals surface area (Å²) in [5, 5.41) is 9.52. The van der Waals surface area contributed by atoms with Gasteiger partial charge in [0.15, 0.2) is 0 Å². The van der Waals surface area contributed by atoms with Gasteiger partial charge >= 0.3 is 0 Å². The maximum absolute atomic E-state index is 6.49. The Bertz CT molecular complexity index is 3950. The molecule has 0 unspecified atom stereocenters. The third-order valence-electron chi connectivity index (χ3n) is 15.0. The van der Waals surface area contributed by atoms with Crippen LogP contribution in [0.25, 0.3) is 110 Å². The first kappa shape index (κ1) is 38.8. The molecule has 1 aliphatic rings. The highest BCUT2D eigenvalue weighted by Gasteiger charge is 2.36. The molecular formula is C66H44O2. The van der Waals surface area contributed by atoms with Crippen LogP contribution in [-0.2, 0) is 5.41 Å². The summed E-state index contributed by atoms with van der Waals surface area (Å²) < 4.78 is 13.0. The molecule has 11 aromatic carbocycles. The Morgan fingerprint density at radius 1 is 0.309 bits per heavy atom. The summed E-state index contributed by atoms with van der Waals surface area (Å²) in [6.07, 6.45) is 0. The highest BCUT2D eigenvalue weighted by Crippen LogP contribution is 2.51. The van der Waals surface area contributed by atoms with Gasteiger partial charge in [0, 0.05) is 32.9 Å². The van der Waals surface area contributed by atoms with Gasteiger partial charge in [0.1, 0.15) is 22.3 Å². The average molecular weight is 869 g/mol. The van der Waals surface area contributed by atoms with Crippen molar-refractivity contribution < 1.29 is 8.83 Å². The third-order valence-corrected chi connectivity index (χ3v) is 15.0. The Morgan fingerprint density at radius 2 is 0.735 bits per heavy atom. The summed E-state index contributed by atoms with van der Waals surface area (Å²) in [6.45, 7) is 4.77. The summed E-state index contributed by atoms with van der Waals surface area (Å²) in [5.41, 5.74) is 19.7. The second-order valence-electron chi connectivity index (χ2n) is 19.2. The van der Waals surface area contributed by atoms with E-state index in [4.69, 9.17) is 8.83 Å². The van der Waals surface area contributed by atoms with Crippen molar-refractivity contribution in [1.82, 2.24) is 0 Å². The lowest BCUT2D eigenvalue weighted by molar-refractivity contribution is 0.659. The number of hydrogen-bond acceptors (Lipinski definition) is 2. The minimum atomic E-state index is -0.174. The average Bonchev–Trinajstić information content (AvgIpc) is 4.04. The first-order valence-electron chi connectivity index (χ1n) is 23.7. The highest BCUT2D eigenvalue weighted by atomic mass is 16.3. The van der Waals surface area contributed by atoms with Gasteiger partial charge in [-0.05, 0) is 136 Å². The number of rotatable bonds is 6. The van der Waals surface area contributed by atoms with Gasteiger partial charge < -0.3 is 8.83 Å². The summed E-state index contributed by atoms with van der Waals surface area (Å²) in [6, 6.07) is 82.3. The van der Waals surface area contributed by atoms with E-state index in [0.29, 0.717) is 0 Å². The van der Waals surface area contributed by atoms with E-state index in [1.165, 1.54) is 82.4 Å². The summed E-state index contributed by atoms with van der Waals surface area (Å²) in [4.78, 5) is 0. The first-order valence-corrected chi connectivity index (χ1v) is 23.7. The molecule has 0 aliphatic heterocycles. The third kappa shape index (κ3) is 5.97. The van der Waals surface area contributed by atoms with Crippen molar-refractivity contribution in [3.8, 4) is 44.5 Å². The van der Waals surface area contributed by atoms with Crippen molar-refractivity contribution in [2.24, 2.45) is 0 Å². The van der Waals surface area contributed by atoms with Crippen LogP contribution in [0.1, 0.15) is 47.6 Å². The lowest BCUT2D eigenvalue weighted by atomic mass is 9.78. The Hall–Kier alpha value is -8.46. The van der Waals surface area contributed by atoms with E-state index in [9.17, 15) is 0 Å². The van der Waals surface area contributed by atoms with Crippen molar-refractivity contribution in [1.29, 1.82) is 0 Å². The number of furan rings is 2. The number of benzene rings is 11. The van der Waals surface area contributed by atoms with Crippen LogP contribution in [0.5, 0.6) is 0 Å². The first-order chi connectivity index (χ1) is 33.4. The molecule has 0 radical (unpaired) electrons. The fourth-order valence-corrected chi connectivity index (χ4v) is 11.5. The molecule has 2 nitrogen and oxygen atoms in total. The Labute approximate surface area is 394 Å². The van der Waals surface area contributed by atoms with Crippen LogP contribution in [0.3, 0.4) is 0 Å². The fraction of sp³-hybridized carbons (Fsp3) is 0.0606. The fourth-order valence-electron chi connectivity index (χ4n) is 11.5. The van der Waals surface area contributed by atoms with Crippen molar-refractivity contribution in [2.45, 2.75) is 25.2 Å². The monoisotopic (exact) mass is 868 g/mol. The summed E-state index contributed by atoms with van der Waals surface area (Å²) in [5.74, 6) is 0.0000557. The van der Waals surface area contributed by atoms with Gasteiger partial charge in [-0.2, -0.15) is 0 Å². The van der Waals surface area contributed by atoms with E-state index in [2.05, 4.69) is 238 Å². The van der Waals surface area contributed by atoms with Crippen molar-refractivity contribution in [3.05, 3.63) is 252 Å². The zero-order valence-electron chi connectivity index (χ0n) is 37.8. The normalized spacial score (nSPS) is 13.1. The lowest BCUT2D eigenvalue weighted by Gasteiger charge is -2.25. The largest absolute Gasteiger partial charge is 0.456 e. The van der Waals surface area contributed by atoms with E-state index in [0.717, 1.165) is 55.4 Å². The Morgan fingerprint density at radius 3 is 1.29 bits per heavy atom. The standard InChI is InChI=1S/C66H44O2/c1-66(2)57-36-47(40-10-4-3-5-11-40)24-30-53(57)54-31-27-50(37-58(54)66)63(45-20-16-41(17-21-45)48-25-32-55-61(38-48)67-59-34-28-43-12-6-8-14-51(43)64(55)59)46-22-18-42(19-23-46)49-26-33-56-62(39-49)68-60-35-29-44-13-7-9-15-52(44)65(56)60/h3-39,63H,1-2H3. The number of fused-ring (bicyclic) bond motifs is 13. The minimum absolute atomic E-state index is 0.0000557. The predicted molar refractivity (Wildman–Crippen MR) is 284 cm³/mol. The molecule has 0 atom stereocenters. The van der Waals surface area contributed by atoms with Gasteiger partial charge in [0.25, 0.3) is 0 Å². The quantitative estimate of drug-likeness (QED) is 0.156. The zero-order chi connectivity index (χ0) is 45.1. The van der Waals surface area contributed by atoms with Crippen LogP contribution in [0.4, 0.5) is 0 Å². The molecule has 2 heteroatoms. The molecule has 0 amide bonds. The van der Waals surface area contributed by atoms with E-state index in [1.54, 1.807) is 0 Å². The maximum Gasteiger partial charge on any atom is 0.136 e. The van der Waals surface area contributed by atoms with E-state index >= 15 is 0 Å². The van der Waals surface area contributed by atoms with Crippen LogP contribution in [-0.4, -0.2) is 0 Å². The molecular weight excluding hydrogens is 825 g/mol. The second kappa shape index (κ2) is 14.8. The van der Waals surface area contributed by atoms with Crippen molar-refractivity contribution in [2.75, 3.05) is 0 Å². The molecule has 0 fully saturated rings. The Balaban J connectivity index is 0.854. The SMILES string of the molecule is CC1(C)c2cc(-c3ccccc3)ccc2-c2ccc(C(c3ccc(-c4ccc5c(c4)oc4ccc6ccccc6c45)cc3)c3ccc(-c4ccc5c(c4)oc4ccc6ccccc6c45)cc3)cc21. The summed E-state index contributed by atoms with van der Waals surface area (Å²) in [7, 11) is 0. The van der Waals surface area contributed by atoms with Gasteiger partial charge in [-0.25, -0.2) is 0 Å². The van der Waals surface area contributed by atoms with Gasteiger partial charge in [0.05, 0.1) is 0 Å². The molecule has 0 bridgehead atoms. The van der Waals surface area contributed by atoms with Crippen LogP contribution < -0.4 is 0 Å². The van der Waals surface area contributed by atoms with Crippen LogP contribution >= 0.6 is 0 Å². The van der Waals surface area contributed by atoms with Gasteiger partial charge in [-0.3, -0.25) is 0 Å². The molecule has 0 saturated heterocycles. The zero-order valence-corrected chi connectivity index (χ0v) is 37.8. The van der Waals surface area contributed by atoms with Crippen LogP contribution in [0.2, 0.25) is 0 Å². The molecule has 0 N–H and O–H groups in total. The molecule has 320 valence electrons. The smallest absolute Gasteiger partial charge is 0.136 e. The topological polar surface area (TPSA) is 26.3 Å². The van der Waals surface area contributed by atoms with Crippen LogP contribution in [0, 0.1) is 0 Å². The van der Waals surface area contributed by atoms with Gasteiger partial charge in [-0.1, -0.05) is 196 Å². The second-order valence-corrected chi connectivity index (χ2v) is 19.2. The molecule has 13 aromatic rings. The maximum atomic E-state index is 6.49. The van der Waals surface area contributed by atoms with Crippen molar-refractivity contribution in [3.63, 3.8) is 0 Å². The molecule has 14 rings (SSSR count). The van der Waals surface area contributed by atoms with E-state index in [-0.39, 0.29) is 11.3 Å². The molecule has 1 aliphatic carbocycles.